The summed E-state index contributed by atoms with van der Waals surface area (Å²) in [4.78, 5) is 16.3. The average Bonchev–Trinajstić information content (AvgIpc) is 2.50. The fourth-order valence-corrected chi connectivity index (χ4v) is 1.97. The molecular weight excluding hydrogens is 266 g/mol. The molecule has 0 aliphatic rings. The highest BCUT2D eigenvalue weighted by molar-refractivity contribution is 5.95. The molecule has 0 radical (unpaired) electrons. The standard InChI is InChI=1S/C16H19N3O2/c1-3-21-15-7-6-12(9-14(15)17)16(20)19-11(2)13-5-4-8-18-10-13/h4-11H,3,17H2,1-2H3,(H,19,20). The molecule has 0 bridgehead atoms. The van der Waals surface area contributed by atoms with Gasteiger partial charge in [-0.15, -0.1) is 0 Å². The molecule has 21 heavy (non-hydrogen) atoms. The number of benzene rings is 1. The van der Waals surface area contributed by atoms with E-state index in [1.165, 1.54) is 0 Å². The van der Waals surface area contributed by atoms with E-state index < -0.39 is 0 Å². The molecule has 1 amide bonds. The van der Waals surface area contributed by atoms with Crippen LogP contribution >= 0.6 is 0 Å². The molecule has 1 unspecified atom stereocenters. The number of nitrogen functional groups attached to an aromatic ring is 1. The van der Waals surface area contributed by atoms with Gasteiger partial charge in [-0.1, -0.05) is 6.07 Å². The lowest BCUT2D eigenvalue weighted by molar-refractivity contribution is 0.0940. The second-order valence-electron chi connectivity index (χ2n) is 4.67. The number of anilines is 1. The van der Waals surface area contributed by atoms with Crippen molar-refractivity contribution in [3.05, 3.63) is 53.9 Å². The van der Waals surface area contributed by atoms with Gasteiger partial charge in [-0.05, 0) is 43.7 Å². The van der Waals surface area contributed by atoms with Gasteiger partial charge in [-0.25, -0.2) is 0 Å². The molecular formula is C16H19N3O2. The Labute approximate surface area is 124 Å². The van der Waals surface area contributed by atoms with Gasteiger partial charge >= 0.3 is 0 Å². The number of rotatable bonds is 5. The Bertz CT molecular complexity index is 614. The smallest absolute Gasteiger partial charge is 0.251 e. The molecule has 5 nitrogen and oxygen atoms in total. The maximum atomic E-state index is 12.2. The van der Waals surface area contributed by atoms with Gasteiger partial charge in [0.2, 0.25) is 0 Å². The number of pyridine rings is 1. The highest BCUT2D eigenvalue weighted by Crippen LogP contribution is 2.23. The van der Waals surface area contributed by atoms with Crippen molar-refractivity contribution >= 4 is 11.6 Å². The van der Waals surface area contributed by atoms with Crippen LogP contribution in [0.5, 0.6) is 5.75 Å². The predicted octanol–water partition coefficient (Wildman–Crippen LogP) is 2.55. The summed E-state index contributed by atoms with van der Waals surface area (Å²) in [7, 11) is 0. The minimum absolute atomic E-state index is 0.126. The van der Waals surface area contributed by atoms with Crippen LogP contribution < -0.4 is 15.8 Å². The topological polar surface area (TPSA) is 77.2 Å². The minimum Gasteiger partial charge on any atom is -0.492 e. The molecule has 110 valence electrons. The molecule has 3 N–H and O–H groups in total. The van der Waals surface area contributed by atoms with Crippen molar-refractivity contribution in [1.82, 2.24) is 10.3 Å². The zero-order valence-corrected chi connectivity index (χ0v) is 12.2. The highest BCUT2D eigenvalue weighted by atomic mass is 16.5. The van der Waals surface area contributed by atoms with E-state index in [1.807, 2.05) is 26.0 Å². The van der Waals surface area contributed by atoms with Crippen LogP contribution in [0.1, 0.15) is 35.8 Å². The van der Waals surface area contributed by atoms with Crippen LogP contribution in [0, 0.1) is 0 Å². The van der Waals surface area contributed by atoms with Crippen LogP contribution in [-0.4, -0.2) is 17.5 Å². The van der Waals surface area contributed by atoms with Gasteiger partial charge in [0.15, 0.2) is 0 Å². The summed E-state index contributed by atoms with van der Waals surface area (Å²) in [5.74, 6) is 0.412. The van der Waals surface area contributed by atoms with Crippen LogP contribution in [0.2, 0.25) is 0 Å². The second kappa shape index (κ2) is 6.74. The lowest BCUT2D eigenvalue weighted by Crippen LogP contribution is -2.26. The number of hydrogen-bond donors (Lipinski definition) is 2. The Kier molecular flexibility index (Phi) is 4.77. The van der Waals surface area contributed by atoms with Gasteiger partial charge in [0.1, 0.15) is 5.75 Å². The summed E-state index contributed by atoms with van der Waals surface area (Å²) >= 11 is 0. The zero-order chi connectivity index (χ0) is 15.2. The van der Waals surface area contributed by atoms with E-state index in [9.17, 15) is 4.79 Å². The maximum Gasteiger partial charge on any atom is 0.251 e. The number of ether oxygens (including phenoxy) is 1. The van der Waals surface area contributed by atoms with E-state index in [2.05, 4.69) is 10.3 Å². The molecule has 2 rings (SSSR count). The van der Waals surface area contributed by atoms with E-state index in [-0.39, 0.29) is 11.9 Å². The Morgan fingerprint density at radius 3 is 2.86 bits per heavy atom. The van der Waals surface area contributed by atoms with Crippen molar-refractivity contribution in [2.45, 2.75) is 19.9 Å². The number of aromatic nitrogens is 1. The van der Waals surface area contributed by atoms with E-state index in [0.29, 0.717) is 23.6 Å². The number of hydrogen-bond acceptors (Lipinski definition) is 4. The van der Waals surface area contributed by atoms with E-state index >= 15 is 0 Å². The Morgan fingerprint density at radius 1 is 1.43 bits per heavy atom. The summed E-state index contributed by atoms with van der Waals surface area (Å²) in [6, 6.07) is 8.67. The molecule has 1 aromatic heterocycles. The number of amides is 1. The predicted molar refractivity (Wildman–Crippen MR) is 82.1 cm³/mol. The summed E-state index contributed by atoms with van der Waals surface area (Å²) in [6.45, 7) is 4.33. The van der Waals surface area contributed by atoms with Crippen molar-refractivity contribution in [1.29, 1.82) is 0 Å². The van der Waals surface area contributed by atoms with Crippen LogP contribution in [-0.2, 0) is 0 Å². The molecule has 5 heteroatoms. The van der Waals surface area contributed by atoms with Crippen LogP contribution in [0.15, 0.2) is 42.7 Å². The van der Waals surface area contributed by atoms with Gasteiger partial charge in [0, 0.05) is 18.0 Å². The molecule has 1 heterocycles. The van der Waals surface area contributed by atoms with Gasteiger partial charge in [0.05, 0.1) is 18.3 Å². The molecule has 0 saturated heterocycles. The Hall–Kier alpha value is -2.56. The minimum atomic E-state index is -0.180. The molecule has 1 aromatic carbocycles. The molecule has 1 atom stereocenters. The Balaban J connectivity index is 2.08. The van der Waals surface area contributed by atoms with Crippen molar-refractivity contribution in [2.75, 3.05) is 12.3 Å². The summed E-state index contributed by atoms with van der Waals surface area (Å²) in [5.41, 5.74) is 7.78. The number of nitrogens with two attached hydrogens (primary N) is 1. The number of carbonyl (C=O) groups is 1. The normalized spacial score (nSPS) is 11.7. The molecule has 2 aromatic rings. The quantitative estimate of drug-likeness (QED) is 0.828. The highest BCUT2D eigenvalue weighted by Gasteiger charge is 2.13. The van der Waals surface area contributed by atoms with Crippen molar-refractivity contribution in [3.63, 3.8) is 0 Å². The largest absolute Gasteiger partial charge is 0.492 e. The van der Waals surface area contributed by atoms with E-state index in [4.69, 9.17) is 10.5 Å². The van der Waals surface area contributed by atoms with Gasteiger partial charge in [-0.3, -0.25) is 9.78 Å². The van der Waals surface area contributed by atoms with E-state index in [1.54, 1.807) is 30.6 Å². The van der Waals surface area contributed by atoms with Crippen molar-refractivity contribution < 1.29 is 9.53 Å². The fraction of sp³-hybridized carbons (Fsp3) is 0.250. The first-order valence-corrected chi connectivity index (χ1v) is 6.85. The third kappa shape index (κ3) is 3.72. The number of carbonyl (C=O) groups excluding carboxylic acids is 1. The van der Waals surface area contributed by atoms with Crippen molar-refractivity contribution in [3.8, 4) is 5.75 Å². The summed E-state index contributed by atoms with van der Waals surface area (Å²) in [6.07, 6.45) is 3.43. The van der Waals surface area contributed by atoms with Crippen LogP contribution in [0.4, 0.5) is 5.69 Å². The second-order valence-corrected chi connectivity index (χ2v) is 4.67. The Morgan fingerprint density at radius 2 is 2.24 bits per heavy atom. The molecule has 0 aliphatic carbocycles. The lowest BCUT2D eigenvalue weighted by Gasteiger charge is -2.14. The first kappa shape index (κ1) is 14.8. The summed E-state index contributed by atoms with van der Waals surface area (Å²) in [5, 5.41) is 2.92. The zero-order valence-electron chi connectivity index (χ0n) is 12.2. The molecule has 0 fully saturated rings. The van der Waals surface area contributed by atoms with Crippen LogP contribution in [0.3, 0.4) is 0 Å². The SMILES string of the molecule is CCOc1ccc(C(=O)NC(C)c2cccnc2)cc1N. The van der Waals surface area contributed by atoms with Gasteiger partial charge in [-0.2, -0.15) is 0 Å². The monoisotopic (exact) mass is 285 g/mol. The number of nitrogens with one attached hydrogen (secondary N) is 1. The van der Waals surface area contributed by atoms with Gasteiger partial charge in [0.25, 0.3) is 5.91 Å². The first-order valence-electron chi connectivity index (χ1n) is 6.85. The van der Waals surface area contributed by atoms with Crippen LogP contribution in [0.25, 0.3) is 0 Å². The fourth-order valence-electron chi connectivity index (χ4n) is 1.97. The molecule has 0 aliphatic heterocycles. The molecule has 0 saturated carbocycles. The third-order valence-corrected chi connectivity index (χ3v) is 3.10. The van der Waals surface area contributed by atoms with Gasteiger partial charge < -0.3 is 15.8 Å². The first-order chi connectivity index (χ1) is 10.1. The molecule has 0 spiro atoms. The maximum absolute atomic E-state index is 12.2. The van der Waals surface area contributed by atoms with E-state index in [0.717, 1.165) is 5.56 Å². The average molecular weight is 285 g/mol. The third-order valence-electron chi connectivity index (χ3n) is 3.10. The van der Waals surface area contributed by atoms with Crippen molar-refractivity contribution in [2.24, 2.45) is 0 Å². The number of nitrogens with zero attached hydrogens (tertiary/aromatic N) is 1. The lowest BCUT2D eigenvalue weighted by atomic mass is 10.1. The summed E-state index contributed by atoms with van der Waals surface area (Å²) < 4.78 is 5.36.